The van der Waals surface area contributed by atoms with Crippen LogP contribution in [0.1, 0.15) is 0 Å². The summed E-state index contributed by atoms with van der Waals surface area (Å²) >= 11 is 14.7. The number of anilines is 1. The smallest absolute Gasteiger partial charge is 0.262 e. The third-order valence-corrected chi connectivity index (χ3v) is 4.39. The zero-order chi connectivity index (χ0) is 14.0. The lowest BCUT2D eigenvalue weighted by atomic mass is 10.4. The van der Waals surface area contributed by atoms with Gasteiger partial charge in [-0.25, -0.2) is 13.4 Å². The van der Waals surface area contributed by atoms with Gasteiger partial charge in [0.25, 0.3) is 10.0 Å². The molecule has 1 aromatic heterocycles. The molecule has 0 saturated heterocycles. The van der Waals surface area contributed by atoms with Gasteiger partial charge in [0.05, 0.1) is 16.8 Å². The predicted molar refractivity (Wildman–Crippen MR) is 79.2 cm³/mol. The fourth-order valence-corrected chi connectivity index (χ4v) is 3.34. The Labute approximate surface area is 128 Å². The highest BCUT2D eigenvalue weighted by Crippen LogP contribution is 2.24. The highest BCUT2D eigenvalue weighted by Gasteiger charge is 2.15. The van der Waals surface area contributed by atoms with E-state index in [4.69, 9.17) is 23.2 Å². The van der Waals surface area contributed by atoms with Crippen molar-refractivity contribution in [3.63, 3.8) is 0 Å². The topological polar surface area (TPSA) is 59.1 Å². The molecule has 0 unspecified atom stereocenters. The molecule has 0 aliphatic carbocycles. The van der Waals surface area contributed by atoms with Gasteiger partial charge < -0.3 is 0 Å². The van der Waals surface area contributed by atoms with Crippen LogP contribution in [0.5, 0.6) is 0 Å². The molecule has 100 valence electrons. The van der Waals surface area contributed by atoms with Crippen LogP contribution in [0, 0.1) is 0 Å². The molecule has 0 fully saturated rings. The Bertz CT molecular complexity index is 685. The second-order valence-electron chi connectivity index (χ2n) is 3.58. The lowest BCUT2D eigenvalue weighted by molar-refractivity contribution is 0.601. The van der Waals surface area contributed by atoms with Gasteiger partial charge in [-0.05, 0) is 46.3 Å². The van der Waals surface area contributed by atoms with Gasteiger partial charge in [0, 0.05) is 10.0 Å². The van der Waals surface area contributed by atoms with Gasteiger partial charge in [-0.2, -0.15) is 0 Å². The summed E-state index contributed by atoms with van der Waals surface area (Å²) in [6.07, 6.45) is 1.40. The normalized spacial score (nSPS) is 11.3. The molecule has 0 aliphatic rings. The highest BCUT2D eigenvalue weighted by molar-refractivity contribution is 9.10. The average Bonchev–Trinajstić information content (AvgIpc) is 2.31. The number of rotatable bonds is 3. The maximum atomic E-state index is 12.1. The van der Waals surface area contributed by atoms with E-state index in [-0.39, 0.29) is 14.9 Å². The van der Waals surface area contributed by atoms with Gasteiger partial charge in [0.15, 0.2) is 0 Å². The summed E-state index contributed by atoms with van der Waals surface area (Å²) in [4.78, 5) is 3.92. The van der Waals surface area contributed by atoms with Crippen molar-refractivity contribution < 1.29 is 8.42 Å². The summed E-state index contributed by atoms with van der Waals surface area (Å²) in [6.45, 7) is 0. The molecule has 0 radical (unpaired) electrons. The van der Waals surface area contributed by atoms with Crippen LogP contribution in [0.4, 0.5) is 5.69 Å². The molecular formula is C11H7BrCl2N2O2S. The van der Waals surface area contributed by atoms with E-state index < -0.39 is 10.0 Å². The number of pyridine rings is 1. The zero-order valence-electron chi connectivity index (χ0n) is 9.27. The Balaban J connectivity index is 2.34. The molecule has 0 atom stereocenters. The summed E-state index contributed by atoms with van der Waals surface area (Å²) in [5.74, 6) is 0. The Morgan fingerprint density at radius 2 is 1.74 bits per heavy atom. The van der Waals surface area contributed by atoms with E-state index in [1.807, 2.05) is 0 Å². The van der Waals surface area contributed by atoms with E-state index in [9.17, 15) is 8.42 Å². The van der Waals surface area contributed by atoms with Crippen molar-refractivity contribution in [2.24, 2.45) is 0 Å². The summed E-state index contributed by atoms with van der Waals surface area (Å²) < 4.78 is 27.2. The summed E-state index contributed by atoms with van der Waals surface area (Å²) in [5, 5.41) is 0.503. The quantitative estimate of drug-likeness (QED) is 0.818. The van der Waals surface area contributed by atoms with Gasteiger partial charge in [0.1, 0.15) is 4.60 Å². The van der Waals surface area contributed by atoms with E-state index in [0.29, 0.717) is 10.3 Å². The monoisotopic (exact) mass is 380 g/mol. The van der Waals surface area contributed by atoms with E-state index >= 15 is 0 Å². The van der Waals surface area contributed by atoms with Gasteiger partial charge >= 0.3 is 0 Å². The summed E-state index contributed by atoms with van der Waals surface area (Å²) in [7, 11) is -3.75. The Morgan fingerprint density at radius 3 is 2.26 bits per heavy atom. The standard InChI is InChI=1S/C11H7BrCl2N2O2S/c12-11-2-1-9(6-15-11)16-19(17,18)10-4-7(13)3-8(14)5-10/h1-6,16H. The minimum absolute atomic E-state index is 0.00656. The van der Waals surface area contributed by atoms with Crippen LogP contribution < -0.4 is 4.72 Å². The molecule has 19 heavy (non-hydrogen) atoms. The first kappa shape index (κ1) is 14.6. The number of hydrogen-bond acceptors (Lipinski definition) is 3. The number of nitrogens with zero attached hydrogens (tertiary/aromatic N) is 1. The van der Waals surface area contributed by atoms with Crippen LogP contribution >= 0.6 is 39.1 Å². The number of hydrogen-bond donors (Lipinski definition) is 1. The SMILES string of the molecule is O=S(=O)(Nc1ccc(Br)nc1)c1cc(Cl)cc(Cl)c1. The zero-order valence-corrected chi connectivity index (χ0v) is 13.2. The van der Waals surface area contributed by atoms with Crippen molar-refractivity contribution in [2.45, 2.75) is 4.90 Å². The number of nitrogens with one attached hydrogen (secondary N) is 1. The summed E-state index contributed by atoms with van der Waals surface area (Å²) in [6, 6.07) is 7.32. The predicted octanol–water partition coefficient (Wildman–Crippen LogP) is 3.95. The van der Waals surface area contributed by atoms with Gasteiger partial charge in [-0.1, -0.05) is 23.2 Å². The Hall–Kier alpha value is -0.820. The van der Waals surface area contributed by atoms with Crippen LogP contribution in [-0.2, 0) is 10.0 Å². The number of benzene rings is 1. The first-order valence-corrected chi connectivity index (χ1v) is 8.00. The molecule has 0 bridgehead atoms. The van der Waals surface area contributed by atoms with Gasteiger partial charge in [0.2, 0.25) is 0 Å². The second kappa shape index (κ2) is 5.66. The minimum atomic E-state index is -3.75. The first-order chi connectivity index (χ1) is 8.87. The molecule has 0 saturated carbocycles. The lowest BCUT2D eigenvalue weighted by Crippen LogP contribution is -2.13. The highest BCUT2D eigenvalue weighted by atomic mass is 79.9. The van der Waals surface area contributed by atoms with Gasteiger partial charge in [-0.15, -0.1) is 0 Å². The number of aromatic nitrogens is 1. The van der Waals surface area contributed by atoms with Crippen LogP contribution in [0.15, 0.2) is 46.0 Å². The van der Waals surface area contributed by atoms with E-state index in [0.717, 1.165) is 0 Å². The van der Waals surface area contributed by atoms with Crippen LogP contribution in [0.25, 0.3) is 0 Å². The molecule has 2 rings (SSSR count). The molecule has 1 N–H and O–H groups in total. The number of halogens is 3. The van der Waals surface area contributed by atoms with Crippen molar-refractivity contribution in [1.29, 1.82) is 0 Å². The fourth-order valence-electron chi connectivity index (χ4n) is 1.33. The Kier molecular flexibility index (Phi) is 4.35. The van der Waals surface area contributed by atoms with Crippen LogP contribution in [0.2, 0.25) is 10.0 Å². The van der Waals surface area contributed by atoms with Crippen LogP contribution in [-0.4, -0.2) is 13.4 Å². The Morgan fingerprint density at radius 1 is 1.11 bits per heavy atom. The molecule has 4 nitrogen and oxygen atoms in total. The maximum Gasteiger partial charge on any atom is 0.262 e. The van der Waals surface area contributed by atoms with E-state index in [1.54, 1.807) is 12.1 Å². The maximum absolute atomic E-state index is 12.1. The first-order valence-electron chi connectivity index (χ1n) is 4.97. The number of sulfonamides is 1. The fraction of sp³-hybridized carbons (Fsp3) is 0. The minimum Gasteiger partial charge on any atom is -0.278 e. The third kappa shape index (κ3) is 3.82. The van der Waals surface area contributed by atoms with E-state index in [2.05, 4.69) is 25.6 Å². The van der Waals surface area contributed by atoms with Gasteiger partial charge in [-0.3, -0.25) is 4.72 Å². The lowest BCUT2D eigenvalue weighted by Gasteiger charge is -2.08. The molecule has 8 heteroatoms. The van der Waals surface area contributed by atoms with Crippen molar-refractivity contribution >= 4 is 54.8 Å². The van der Waals surface area contributed by atoms with Crippen molar-refractivity contribution in [1.82, 2.24) is 4.98 Å². The molecule has 1 aromatic carbocycles. The molecule has 1 heterocycles. The van der Waals surface area contributed by atoms with Crippen molar-refractivity contribution in [3.8, 4) is 0 Å². The second-order valence-corrected chi connectivity index (χ2v) is 6.95. The summed E-state index contributed by atoms with van der Waals surface area (Å²) in [5.41, 5.74) is 0.347. The molecule has 0 amide bonds. The molecular weight excluding hydrogens is 375 g/mol. The van der Waals surface area contributed by atoms with Crippen molar-refractivity contribution in [3.05, 3.63) is 51.2 Å². The molecule has 2 aromatic rings. The molecule has 0 aliphatic heterocycles. The van der Waals surface area contributed by atoms with Crippen LogP contribution in [0.3, 0.4) is 0 Å². The average molecular weight is 382 g/mol. The largest absolute Gasteiger partial charge is 0.278 e. The van der Waals surface area contributed by atoms with E-state index in [1.165, 1.54) is 24.4 Å². The van der Waals surface area contributed by atoms with Crippen molar-refractivity contribution in [2.75, 3.05) is 4.72 Å². The molecule has 0 spiro atoms. The third-order valence-electron chi connectivity index (χ3n) is 2.13.